The number of nitrogens with two attached hydrogens (primary N) is 1. The van der Waals surface area contributed by atoms with Gasteiger partial charge in [0, 0.05) is 11.6 Å². The standard InChI is InChI=1S/C17H16N2O3/c1-20-15-9-5-8-13(14-10-16(18)22-19-14)17(15)21-11-12-6-3-2-4-7-12/h2-10H,11,18H2,1H3. The minimum atomic E-state index is 0.256. The average molecular weight is 296 g/mol. The Morgan fingerprint density at radius 1 is 1.09 bits per heavy atom. The van der Waals surface area contributed by atoms with E-state index in [4.69, 9.17) is 19.7 Å². The van der Waals surface area contributed by atoms with E-state index in [1.165, 1.54) is 0 Å². The second-order valence-electron chi connectivity index (χ2n) is 4.73. The van der Waals surface area contributed by atoms with Crippen LogP contribution in [0.1, 0.15) is 5.56 Å². The molecule has 0 radical (unpaired) electrons. The number of ether oxygens (including phenoxy) is 2. The average Bonchev–Trinajstić information content (AvgIpc) is 3.00. The molecule has 0 amide bonds. The van der Waals surface area contributed by atoms with E-state index in [0.717, 1.165) is 11.1 Å². The van der Waals surface area contributed by atoms with Gasteiger partial charge in [-0.15, -0.1) is 0 Å². The van der Waals surface area contributed by atoms with Crippen molar-refractivity contribution in [1.82, 2.24) is 5.16 Å². The van der Waals surface area contributed by atoms with Crippen molar-refractivity contribution >= 4 is 5.88 Å². The summed E-state index contributed by atoms with van der Waals surface area (Å²) in [6.45, 7) is 0.432. The SMILES string of the molecule is COc1cccc(-c2cc(N)on2)c1OCc1ccccc1. The van der Waals surface area contributed by atoms with Crippen LogP contribution in [0.5, 0.6) is 11.5 Å². The topological polar surface area (TPSA) is 70.5 Å². The first-order chi connectivity index (χ1) is 10.8. The molecule has 1 aromatic heterocycles. The van der Waals surface area contributed by atoms with E-state index < -0.39 is 0 Å². The fourth-order valence-corrected chi connectivity index (χ4v) is 2.17. The molecule has 0 fully saturated rings. The van der Waals surface area contributed by atoms with Crippen molar-refractivity contribution in [2.75, 3.05) is 12.8 Å². The number of hydrogen-bond donors (Lipinski definition) is 1. The molecule has 0 unspecified atom stereocenters. The van der Waals surface area contributed by atoms with Crippen LogP contribution in [0.4, 0.5) is 5.88 Å². The van der Waals surface area contributed by atoms with Crippen molar-refractivity contribution in [2.45, 2.75) is 6.61 Å². The van der Waals surface area contributed by atoms with Crippen molar-refractivity contribution in [2.24, 2.45) is 0 Å². The van der Waals surface area contributed by atoms with Crippen LogP contribution in [0.2, 0.25) is 0 Å². The first kappa shape index (κ1) is 14.0. The minimum Gasteiger partial charge on any atom is -0.493 e. The van der Waals surface area contributed by atoms with E-state index in [-0.39, 0.29) is 5.88 Å². The highest BCUT2D eigenvalue weighted by atomic mass is 16.5. The molecular weight excluding hydrogens is 280 g/mol. The number of hydrogen-bond acceptors (Lipinski definition) is 5. The normalized spacial score (nSPS) is 10.4. The Morgan fingerprint density at radius 2 is 1.91 bits per heavy atom. The summed E-state index contributed by atoms with van der Waals surface area (Å²) < 4.78 is 16.3. The number of anilines is 1. The highest BCUT2D eigenvalue weighted by Gasteiger charge is 2.15. The first-order valence-electron chi connectivity index (χ1n) is 6.84. The summed E-state index contributed by atoms with van der Waals surface area (Å²) in [7, 11) is 1.60. The van der Waals surface area contributed by atoms with Gasteiger partial charge in [-0.3, -0.25) is 0 Å². The fourth-order valence-electron chi connectivity index (χ4n) is 2.17. The maximum absolute atomic E-state index is 5.96. The van der Waals surface area contributed by atoms with Crippen LogP contribution in [0.3, 0.4) is 0 Å². The first-order valence-corrected chi connectivity index (χ1v) is 6.84. The zero-order valence-electron chi connectivity index (χ0n) is 12.2. The third-order valence-electron chi connectivity index (χ3n) is 3.23. The summed E-state index contributed by atoms with van der Waals surface area (Å²) in [6.07, 6.45) is 0. The van der Waals surface area contributed by atoms with Crippen LogP contribution in [0, 0.1) is 0 Å². The van der Waals surface area contributed by atoms with Gasteiger partial charge in [-0.1, -0.05) is 41.6 Å². The van der Waals surface area contributed by atoms with E-state index >= 15 is 0 Å². The largest absolute Gasteiger partial charge is 0.493 e. The molecule has 2 aromatic carbocycles. The molecule has 3 aromatic rings. The number of rotatable bonds is 5. The van der Waals surface area contributed by atoms with Gasteiger partial charge in [-0.2, -0.15) is 0 Å². The molecule has 0 bridgehead atoms. The number of para-hydroxylation sites is 1. The van der Waals surface area contributed by atoms with E-state index in [1.54, 1.807) is 13.2 Å². The lowest BCUT2D eigenvalue weighted by atomic mass is 10.1. The maximum atomic E-state index is 5.96. The molecule has 22 heavy (non-hydrogen) atoms. The number of aromatic nitrogens is 1. The quantitative estimate of drug-likeness (QED) is 0.780. The Balaban J connectivity index is 1.94. The van der Waals surface area contributed by atoms with Gasteiger partial charge >= 0.3 is 0 Å². The lowest BCUT2D eigenvalue weighted by molar-refractivity contribution is 0.285. The molecule has 112 valence electrons. The highest BCUT2D eigenvalue weighted by Crippen LogP contribution is 2.38. The third-order valence-corrected chi connectivity index (χ3v) is 3.23. The summed E-state index contributed by atoms with van der Waals surface area (Å²) in [5, 5.41) is 3.94. The Morgan fingerprint density at radius 3 is 2.59 bits per heavy atom. The molecular formula is C17H16N2O3. The van der Waals surface area contributed by atoms with Crippen LogP contribution in [-0.2, 0) is 6.61 Å². The van der Waals surface area contributed by atoms with Crippen molar-refractivity contribution in [3.05, 3.63) is 60.2 Å². The molecule has 2 N–H and O–H groups in total. The number of nitrogens with zero attached hydrogens (tertiary/aromatic N) is 1. The minimum absolute atomic E-state index is 0.256. The third kappa shape index (κ3) is 2.88. The van der Waals surface area contributed by atoms with Gasteiger partial charge in [0.25, 0.3) is 0 Å². The van der Waals surface area contributed by atoms with Gasteiger partial charge in [0.15, 0.2) is 11.5 Å². The molecule has 0 aliphatic heterocycles. The molecule has 1 heterocycles. The Kier molecular flexibility index (Phi) is 3.96. The molecule has 0 aliphatic carbocycles. The molecule has 0 saturated carbocycles. The van der Waals surface area contributed by atoms with Crippen molar-refractivity contribution in [3.63, 3.8) is 0 Å². The molecule has 3 rings (SSSR count). The smallest absolute Gasteiger partial charge is 0.222 e. The van der Waals surface area contributed by atoms with Gasteiger partial charge in [0.1, 0.15) is 12.3 Å². The number of methoxy groups -OCH3 is 1. The van der Waals surface area contributed by atoms with Gasteiger partial charge in [-0.25, -0.2) is 0 Å². The lowest BCUT2D eigenvalue weighted by Gasteiger charge is -2.13. The maximum Gasteiger partial charge on any atom is 0.222 e. The Labute approximate surface area is 128 Å². The molecule has 0 aliphatic rings. The van der Waals surface area contributed by atoms with E-state index in [9.17, 15) is 0 Å². The zero-order valence-corrected chi connectivity index (χ0v) is 12.2. The summed E-state index contributed by atoms with van der Waals surface area (Å²) in [6, 6.07) is 17.2. The van der Waals surface area contributed by atoms with Gasteiger partial charge in [0.05, 0.1) is 7.11 Å². The molecule has 0 spiro atoms. The summed E-state index contributed by atoms with van der Waals surface area (Å²) in [4.78, 5) is 0. The number of nitrogen functional groups attached to an aromatic ring is 1. The molecule has 0 saturated heterocycles. The highest BCUT2D eigenvalue weighted by molar-refractivity contribution is 5.72. The second kappa shape index (κ2) is 6.22. The van der Waals surface area contributed by atoms with E-state index in [1.807, 2.05) is 48.5 Å². The summed E-state index contributed by atoms with van der Waals surface area (Å²) in [5.41, 5.74) is 8.05. The predicted molar refractivity (Wildman–Crippen MR) is 83.7 cm³/mol. The van der Waals surface area contributed by atoms with Gasteiger partial charge < -0.3 is 19.7 Å². The van der Waals surface area contributed by atoms with E-state index in [0.29, 0.717) is 23.8 Å². The van der Waals surface area contributed by atoms with Crippen molar-refractivity contribution in [1.29, 1.82) is 0 Å². The lowest BCUT2D eigenvalue weighted by Crippen LogP contribution is -1.99. The van der Waals surface area contributed by atoms with Gasteiger partial charge in [-0.05, 0) is 17.7 Å². The van der Waals surface area contributed by atoms with Crippen molar-refractivity contribution in [3.8, 4) is 22.8 Å². The van der Waals surface area contributed by atoms with Gasteiger partial charge in [0.2, 0.25) is 5.88 Å². The second-order valence-corrected chi connectivity index (χ2v) is 4.73. The van der Waals surface area contributed by atoms with Crippen LogP contribution in [-0.4, -0.2) is 12.3 Å². The zero-order chi connectivity index (χ0) is 15.4. The van der Waals surface area contributed by atoms with Crippen LogP contribution in [0.25, 0.3) is 11.3 Å². The van der Waals surface area contributed by atoms with Crippen molar-refractivity contribution < 1.29 is 14.0 Å². The fraction of sp³-hybridized carbons (Fsp3) is 0.118. The molecule has 0 atom stereocenters. The molecule has 5 heteroatoms. The van der Waals surface area contributed by atoms with Crippen LogP contribution in [0.15, 0.2) is 59.1 Å². The van der Waals surface area contributed by atoms with E-state index in [2.05, 4.69) is 5.16 Å². The number of benzene rings is 2. The van der Waals surface area contributed by atoms with Crippen LogP contribution < -0.4 is 15.2 Å². The summed E-state index contributed by atoms with van der Waals surface area (Å²) >= 11 is 0. The summed E-state index contributed by atoms with van der Waals surface area (Å²) in [5.74, 6) is 1.50. The Hall–Kier alpha value is -2.95. The van der Waals surface area contributed by atoms with Crippen LogP contribution >= 0.6 is 0 Å². The Bertz CT molecular complexity index is 754. The molecule has 5 nitrogen and oxygen atoms in total. The monoisotopic (exact) mass is 296 g/mol. The predicted octanol–water partition coefficient (Wildman–Crippen LogP) is 3.51.